The summed E-state index contributed by atoms with van der Waals surface area (Å²) in [7, 11) is 0. The molecule has 0 heterocycles. The first-order valence-corrected chi connectivity index (χ1v) is 12.8. The summed E-state index contributed by atoms with van der Waals surface area (Å²) < 4.78 is 0. The van der Waals surface area contributed by atoms with E-state index in [2.05, 4.69) is 65.8 Å². The highest BCUT2D eigenvalue weighted by Gasteiger charge is 2.42. The van der Waals surface area contributed by atoms with Crippen molar-refractivity contribution in [2.24, 2.45) is 28.6 Å². The van der Waals surface area contributed by atoms with Gasteiger partial charge in [0.25, 0.3) is 0 Å². The Morgan fingerprint density at radius 2 is 1.61 bits per heavy atom. The molecule has 4 rings (SSSR count). The number of benzene rings is 1. The fourth-order valence-electron chi connectivity index (χ4n) is 6.32. The monoisotopic (exact) mass is 418 g/mol. The molecule has 168 valence electrons. The van der Waals surface area contributed by atoms with Crippen LogP contribution in [0, 0.1) is 28.6 Å². The van der Waals surface area contributed by atoms with Crippen molar-refractivity contribution in [2.75, 3.05) is 0 Å². The van der Waals surface area contributed by atoms with Crippen LogP contribution in [0.1, 0.15) is 109 Å². The van der Waals surface area contributed by atoms with Gasteiger partial charge in [-0.1, -0.05) is 90.6 Å². The van der Waals surface area contributed by atoms with Gasteiger partial charge in [-0.15, -0.1) is 0 Å². The highest BCUT2D eigenvalue weighted by Crippen LogP contribution is 2.54. The minimum Gasteiger partial charge on any atom is -0.289 e. The molecule has 31 heavy (non-hydrogen) atoms. The zero-order valence-electron chi connectivity index (χ0n) is 20.7. The van der Waals surface area contributed by atoms with Crippen LogP contribution in [0.3, 0.4) is 0 Å². The largest absolute Gasteiger partial charge is 0.289 e. The number of hydrogen-bond donors (Lipinski definition) is 0. The molecule has 0 bridgehead atoms. The van der Waals surface area contributed by atoms with Gasteiger partial charge in [-0.05, 0) is 77.9 Å². The van der Waals surface area contributed by atoms with Crippen molar-refractivity contribution in [3.63, 3.8) is 0 Å². The molecule has 1 heteroatoms. The highest BCUT2D eigenvalue weighted by atomic mass is 16.1. The number of ketones is 1. The normalized spacial score (nSPS) is 29.3. The van der Waals surface area contributed by atoms with Crippen molar-refractivity contribution >= 4 is 11.4 Å². The molecular formula is C30H42O. The van der Waals surface area contributed by atoms with Gasteiger partial charge in [-0.3, -0.25) is 4.79 Å². The number of rotatable bonds is 4. The van der Waals surface area contributed by atoms with Crippen molar-refractivity contribution < 1.29 is 4.79 Å². The molecule has 3 aliphatic carbocycles. The van der Waals surface area contributed by atoms with Crippen LogP contribution in [0.5, 0.6) is 0 Å². The third kappa shape index (κ3) is 3.98. The van der Waals surface area contributed by atoms with Crippen LogP contribution in [0.15, 0.2) is 41.5 Å². The molecule has 0 N–H and O–H groups in total. The molecule has 0 aliphatic heterocycles. The quantitative estimate of drug-likeness (QED) is 0.478. The highest BCUT2D eigenvalue weighted by molar-refractivity contribution is 6.16. The third-order valence-corrected chi connectivity index (χ3v) is 9.38. The van der Waals surface area contributed by atoms with Gasteiger partial charge < -0.3 is 0 Å². The molecule has 1 aromatic rings. The van der Waals surface area contributed by atoms with E-state index in [-0.39, 0.29) is 11.2 Å². The van der Waals surface area contributed by atoms with Gasteiger partial charge in [0.05, 0.1) is 0 Å². The minimum absolute atomic E-state index is 0.0981. The van der Waals surface area contributed by atoms with Crippen LogP contribution in [-0.4, -0.2) is 5.78 Å². The van der Waals surface area contributed by atoms with E-state index in [9.17, 15) is 4.79 Å². The fourth-order valence-corrected chi connectivity index (χ4v) is 6.32. The van der Waals surface area contributed by atoms with Gasteiger partial charge in [0.2, 0.25) is 0 Å². The molecule has 3 atom stereocenters. The van der Waals surface area contributed by atoms with E-state index < -0.39 is 0 Å². The third-order valence-electron chi connectivity index (χ3n) is 9.38. The molecule has 1 nitrogen and oxygen atoms in total. The van der Waals surface area contributed by atoms with Gasteiger partial charge in [0.1, 0.15) is 0 Å². The number of Topliss-reactive ketones (excluding diaryl/α,β-unsaturated/α-hetero) is 1. The number of fused-ring (bicyclic) bond motifs is 2. The van der Waals surface area contributed by atoms with Gasteiger partial charge in [-0.2, -0.15) is 0 Å². The second-order valence-corrected chi connectivity index (χ2v) is 11.7. The number of hydrogen-bond acceptors (Lipinski definition) is 1. The summed E-state index contributed by atoms with van der Waals surface area (Å²) in [5.74, 6) is 2.51. The number of carbonyl (C=O) groups is 1. The van der Waals surface area contributed by atoms with Crippen LogP contribution < -0.4 is 0 Å². The van der Waals surface area contributed by atoms with Crippen LogP contribution >= 0.6 is 0 Å². The molecular weight excluding hydrogens is 376 g/mol. The maximum atomic E-state index is 13.5. The first kappa shape index (κ1) is 22.6. The zero-order chi connectivity index (χ0) is 22.4. The fraction of sp³-hybridized carbons (Fsp3) is 0.633. The van der Waals surface area contributed by atoms with Crippen LogP contribution in [0.2, 0.25) is 0 Å². The average molecular weight is 419 g/mol. The predicted octanol–water partition coefficient (Wildman–Crippen LogP) is 8.65. The number of allylic oxidation sites excluding steroid dienone is 4. The summed E-state index contributed by atoms with van der Waals surface area (Å²) in [6.45, 7) is 14.0. The second kappa shape index (κ2) is 8.38. The molecule has 0 saturated heterocycles. The van der Waals surface area contributed by atoms with Gasteiger partial charge in [-0.25, -0.2) is 0 Å². The van der Waals surface area contributed by atoms with Gasteiger partial charge in [0.15, 0.2) is 5.78 Å². The summed E-state index contributed by atoms with van der Waals surface area (Å²) in [6, 6.07) is 8.42. The minimum atomic E-state index is -0.0981. The average Bonchev–Trinajstić information content (AvgIpc) is 2.78. The van der Waals surface area contributed by atoms with E-state index in [1.165, 1.54) is 56.1 Å². The lowest BCUT2D eigenvalue weighted by Crippen LogP contribution is -2.36. The van der Waals surface area contributed by atoms with E-state index in [0.29, 0.717) is 11.3 Å². The smallest absolute Gasteiger partial charge is 0.190 e. The summed E-state index contributed by atoms with van der Waals surface area (Å²) >= 11 is 0. The topological polar surface area (TPSA) is 17.1 Å². The molecule has 0 aromatic heterocycles. The van der Waals surface area contributed by atoms with E-state index in [4.69, 9.17) is 0 Å². The molecule has 2 fully saturated rings. The molecule has 0 radical (unpaired) electrons. The first-order chi connectivity index (χ1) is 14.7. The Kier molecular flexibility index (Phi) is 6.10. The maximum Gasteiger partial charge on any atom is 0.190 e. The van der Waals surface area contributed by atoms with Gasteiger partial charge >= 0.3 is 0 Å². The second-order valence-electron chi connectivity index (χ2n) is 11.7. The Bertz CT molecular complexity index is 910. The number of carbonyl (C=O) groups excluding carboxylic acids is 1. The summed E-state index contributed by atoms with van der Waals surface area (Å²) in [6.07, 6.45) is 12.6. The van der Waals surface area contributed by atoms with Crippen molar-refractivity contribution in [2.45, 2.75) is 92.9 Å². The molecule has 1 aromatic carbocycles. The Morgan fingerprint density at radius 1 is 0.935 bits per heavy atom. The molecule has 0 spiro atoms. The lowest BCUT2D eigenvalue weighted by atomic mass is 9.57. The summed E-state index contributed by atoms with van der Waals surface area (Å²) in [5, 5.41) is 0. The SMILES string of the molecule is CCC(C)(C)C1=C/C(=C2/CC(C(C)(C)CC)CC3CCCCC23)c2ccccc2C1=O. The standard InChI is InChI=1S/C30H42O/c1-7-29(3,4)21-17-20-13-9-10-14-22(20)25(18-21)26-19-27(30(5,6)8-2)28(31)24-16-12-11-15-23(24)26/h11-12,15-16,19-22H,7-10,13-14,17-18H2,1-6H3/b26-25+. The zero-order valence-corrected chi connectivity index (χ0v) is 20.7. The summed E-state index contributed by atoms with van der Waals surface area (Å²) in [5.41, 5.74) is 6.48. The Balaban J connectivity index is 1.92. The summed E-state index contributed by atoms with van der Waals surface area (Å²) in [4.78, 5) is 13.5. The van der Waals surface area contributed by atoms with E-state index in [1.54, 1.807) is 5.57 Å². The molecule has 3 aliphatic rings. The lowest BCUT2D eigenvalue weighted by Gasteiger charge is -2.47. The van der Waals surface area contributed by atoms with Crippen LogP contribution in [-0.2, 0) is 0 Å². The Morgan fingerprint density at radius 3 is 2.29 bits per heavy atom. The van der Waals surface area contributed by atoms with Crippen molar-refractivity contribution in [3.05, 3.63) is 52.6 Å². The Labute approximate surface area is 190 Å². The van der Waals surface area contributed by atoms with Crippen molar-refractivity contribution in [1.29, 1.82) is 0 Å². The maximum absolute atomic E-state index is 13.5. The molecule has 2 saturated carbocycles. The van der Waals surface area contributed by atoms with Crippen LogP contribution in [0.25, 0.3) is 5.57 Å². The van der Waals surface area contributed by atoms with Gasteiger partial charge in [0, 0.05) is 11.1 Å². The van der Waals surface area contributed by atoms with Crippen LogP contribution in [0.4, 0.5) is 0 Å². The lowest BCUT2D eigenvalue weighted by molar-refractivity contribution is 0.0968. The van der Waals surface area contributed by atoms with E-state index >= 15 is 0 Å². The Hall–Kier alpha value is -1.63. The van der Waals surface area contributed by atoms with E-state index in [1.807, 2.05) is 6.07 Å². The van der Waals surface area contributed by atoms with E-state index in [0.717, 1.165) is 29.4 Å². The first-order valence-electron chi connectivity index (χ1n) is 12.8. The van der Waals surface area contributed by atoms with Crippen molar-refractivity contribution in [1.82, 2.24) is 0 Å². The predicted molar refractivity (Wildman–Crippen MR) is 132 cm³/mol. The molecule has 3 unspecified atom stereocenters. The molecule has 0 amide bonds. The van der Waals surface area contributed by atoms with Crippen molar-refractivity contribution in [3.8, 4) is 0 Å².